The van der Waals surface area contributed by atoms with Crippen LogP contribution < -0.4 is 5.32 Å². The molecule has 0 aliphatic carbocycles. The van der Waals surface area contributed by atoms with Crippen LogP contribution in [-0.4, -0.2) is 33.0 Å². The number of rotatable bonds is 6. The van der Waals surface area contributed by atoms with Gasteiger partial charge in [-0.05, 0) is 45.2 Å². The third-order valence-corrected chi connectivity index (χ3v) is 6.80. The Bertz CT molecular complexity index is 1100. The van der Waals surface area contributed by atoms with Crippen LogP contribution in [0.2, 0.25) is 0 Å². The van der Waals surface area contributed by atoms with E-state index in [2.05, 4.69) is 33.4 Å². The zero-order valence-corrected chi connectivity index (χ0v) is 18.0. The molecule has 0 saturated heterocycles. The van der Waals surface area contributed by atoms with Crippen LogP contribution in [0.25, 0.3) is 10.2 Å². The Morgan fingerprint density at radius 3 is 2.62 bits per heavy atom. The number of hydrogen-bond donors (Lipinski definition) is 1. The van der Waals surface area contributed by atoms with Gasteiger partial charge in [-0.1, -0.05) is 41.2 Å². The fourth-order valence-electron chi connectivity index (χ4n) is 2.84. The molecule has 1 amide bonds. The van der Waals surface area contributed by atoms with E-state index in [-0.39, 0.29) is 11.9 Å². The van der Waals surface area contributed by atoms with Gasteiger partial charge in [-0.15, -0.1) is 21.5 Å². The molecule has 148 valence electrons. The number of thiazole rings is 1. The van der Waals surface area contributed by atoms with E-state index in [1.54, 1.807) is 11.3 Å². The maximum absolute atomic E-state index is 12.4. The van der Waals surface area contributed by atoms with Crippen molar-refractivity contribution in [2.24, 2.45) is 0 Å². The third-order valence-electron chi connectivity index (χ3n) is 4.68. The Kier molecular flexibility index (Phi) is 5.66. The summed E-state index contributed by atoms with van der Waals surface area (Å²) >= 11 is 3.02. The van der Waals surface area contributed by atoms with Crippen LogP contribution in [0, 0.1) is 6.92 Å². The van der Waals surface area contributed by atoms with Crippen molar-refractivity contribution in [3.63, 3.8) is 0 Å². The van der Waals surface area contributed by atoms with Gasteiger partial charge in [0.25, 0.3) is 5.91 Å². The average Bonchev–Trinajstić information content (AvgIpc) is 3.36. The highest BCUT2D eigenvalue weighted by Crippen LogP contribution is 2.29. The van der Waals surface area contributed by atoms with Crippen LogP contribution >= 0.6 is 22.7 Å². The first kappa shape index (κ1) is 19.6. The predicted molar refractivity (Wildman–Crippen MR) is 119 cm³/mol. The third kappa shape index (κ3) is 4.50. The summed E-state index contributed by atoms with van der Waals surface area (Å²) in [7, 11) is 2.03. The first-order valence-electron chi connectivity index (χ1n) is 9.25. The molecule has 1 unspecified atom stereocenters. The lowest BCUT2D eigenvalue weighted by atomic mass is 10.2. The number of aromatic nitrogens is 3. The maximum Gasteiger partial charge on any atom is 0.286 e. The minimum atomic E-state index is -0.237. The van der Waals surface area contributed by atoms with E-state index in [1.165, 1.54) is 16.0 Å². The standard InChI is InChI=1S/C21H21N5OS2/c1-13-8-10-15(11-9-13)22-19(27)21-25-24-18(29-21)12-26(3)14(2)20-23-16-6-4-5-7-17(16)28-20/h4-11,14H,12H2,1-3H3,(H,22,27). The quantitative estimate of drug-likeness (QED) is 0.477. The van der Waals surface area contributed by atoms with E-state index in [9.17, 15) is 4.79 Å². The maximum atomic E-state index is 12.4. The Labute approximate surface area is 177 Å². The molecular formula is C21H21N5OS2. The summed E-state index contributed by atoms with van der Waals surface area (Å²) in [6.07, 6.45) is 0. The molecule has 0 aliphatic heterocycles. The van der Waals surface area contributed by atoms with Crippen molar-refractivity contribution in [1.82, 2.24) is 20.1 Å². The van der Waals surface area contributed by atoms with Crippen LogP contribution in [0.4, 0.5) is 5.69 Å². The SMILES string of the molecule is Cc1ccc(NC(=O)c2nnc(CN(C)C(C)c3nc4ccccc4s3)s2)cc1. The molecule has 0 aliphatic rings. The molecule has 2 heterocycles. The lowest BCUT2D eigenvalue weighted by Gasteiger charge is -2.21. The molecule has 6 nitrogen and oxygen atoms in total. The van der Waals surface area contributed by atoms with Crippen LogP contribution in [0.1, 0.15) is 38.3 Å². The number of nitrogens with zero attached hydrogens (tertiary/aromatic N) is 4. The highest BCUT2D eigenvalue weighted by molar-refractivity contribution is 7.18. The van der Waals surface area contributed by atoms with E-state index in [1.807, 2.05) is 56.4 Å². The lowest BCUT2D eigenvalue weighted by Crippen LogP contribution is -2.21. The molecule has 4 rings (SSSR count). The summed E-state index contributed by atoms with van der Waals surface area (Å²) in [6.45, 7) is 4.74. The molecule has 29 heavy (non-hydrogen) atoms. The van der Waals surface area contributed by atoms with Gasteiger partial charge in [0, 0.05) is 5.69 Å². The van der Waals surface area contributed by atoms with E-state index < -0.39 is 0 Å². The number of anilines is 1. The van der Waals surface area contributed by atoms with Gasteiger partial charge in [0.15, 0.2) is 0 Å². The van der Waals surface area contributed by atoms with Crippen LogP contribution in [0.3, 0.4) is 0 Å². The molecule has 0 bridgehead atoms. The predicted octanol–water partition coefficient (Wildman–Crippen LogP) is 4.90. The van der Waals surface area contributed by atoms with Gasteiger partial charge in [-0.25, -0.2) is 4.98 Å². The first-order valence-corrected chi connectivity index (χ1v) is 10.9. The number of fused-ring (bicyclic) bond motifs is 1. The van der Waals surface area contributed by atoms with Gasteiger partial charge in [0.05, 0.1) is 22.8 Å². The normalized spacial score (nSPS) is 12.4. The zero-order chi connectivity index (χ0) is 20.4. The second-order valence-corrected chi connectivity index (χ2v) is 9.06. The number of carbonyl (C=O) groups is 1. The smallest absolute Gasteiger partial charge is 0.286 e. The summed E-state index contributed by atoms with van der Waals surface area (Å²) in [5, 5.41) is 13.4. The molecular weight excluding hydrogens is 402 g/mol. The Hall–Kier alpha value is -2.68. The largest absolute Gasteiger partial charge is 0.320 e. The number of nitrogens with one attached hydrogen (secondary N) is 1. The molecule has 1 atom stereocenters. The van der Waals surface area contributed by atoms with Crippen LogP contribution in [0.5, 0.6) is 0 Å². The summed E-state index contributed by atoms with van der Waals surface area (Å²) in [5.74, 6) is -0.237. The highest BCUT2D eigenvalue weighted by Gasteiger charge is 2.19. The summed E-state index contributed by atoms with van der Waals surface area (Å²) in [6, 6.07) is 16.0. The van der Waals surface area contributed by atoms with Gasteiger partial charge in [0.2, 0.25) is 5.01 Å². The summed E-state index contributed by atoms with van der Waals surface area (Å²) < 4.78 is 1.19. The van der Waals surface area contributed by atoms with Crippen LogP contribution in [-0.2, 0) is 6.54 Å². The summed E-state index contributed by atoms with van der Waals surface area (Å²) in [4.78, 5) is 19.3. The highest BCUT2D eigenvalue weighted by atomic mass is 32.1. The van der Waals surface area contributed by atoms with Crippen molar-refractivity contribution >= 4 is 44.5 Å². The lowest BCUT2D eigenvalue weighted by molar-refractivity contribution is 0.102. The summed E-state index contributed by atoms with van der Waals surface area (Å²) in [5.41, 5.74) is 2.92. The van der Waals surface area contributed by atoms with Crippen molar-refractivity contribution in [3.8, 4) is 0 Å². The van der Waals surface area contributed by atoms with Crippen molar-refractivity contribution in [2.75, 3.05) is 12.4 Å². The van der Waals surface area contributed by atoms with Gasteiger partial charge in [-0.3, -0.25) is 9.69 Å². The van der Waals surface area contributed by atoms with E-state index in [0.717, 1.165) is 26.8 Å². The Balaban J connectivity index is 1.41. The minimum Gasteiger partial charge on any atom is -0.320 e. The number of hydrogen-bond acceptors (Lipinski definition) is 7. The van der Waals surface area contributed by atoms with Gasteiger partial charge >= 0.3 is 0 Å². The molecule has 1 N–H and O–H groups in total. The van der Waals surface area contributed by atoms with Crippen molar-refractivity contribution in [2.45, 2.75) is 26.4 Å². The van der Waals surface area contributed by atoms with E-state index in [4.69, 9.17) is 4.98 Å². The fourth-order valence-corrected chi connectivity index (χ4v) is 4.72. The first-order chi connectivity index (χ1) is 14.0. The topological polar surface area (TPSA) is 71.0 Å². The molecule has 2 aromatic carbocycles. The number of benzene rings is 2. The molecule has 0 spiro atoms. The number of para-hydroxylation sites is 1. The second-order valence-electron chi connectivity index (χ2n) is 6.93. The van der Waals surface area contributed by atoms with E-state index in [0.29, 0.717) is 11.6 Å². The minimum absolute atomic E-state index is 0.140. The molecule has 0 fully saturated rings. The van der Waals surface area contributed by atoms with Gasteiger partial charge in [0.1, 0.15) is 10.0 Å². The second kappa shape index (κ2) is 8.36. The Morgan fingerprint density at radius 1 is 1.10 bits per heavy atom. The molecule has 8 heteroatoms. The number of carbonyl (C=O) groups excluding carboxylic acids is 1. The van der Waals surface area contributed by atoms with Crippen molar-refractivity contribution in [3.05, 3.63) is 69.1 Å². The monoisotopic (exact) mass is 423 g/mol. The average molecular weight is 424 g/mol. The molecule has 0 saturated carbocycles. The number of amides is 1. The van der Waals surface area contributed by atoms with E-state index >= 15 is 0 Å². The van der Waals surface area contributed by atoms with Gasteiger partial charge in [-0.2, -0.15) is 0 Å². The molecule has 0 radical (unpaired) electrons. The van der Waals surface area contributed by atoms with Crippen molar-refractivity contribution in [1.29, 1.82) is 0 Å². The zero-order valence-electron chi connectivity index (χ0n) is 16.4. The molecule has 2 aromatic heterocycles. The van der Waals surface area contributed by atoms with Gasteiger partial charge < -0.3 is 5.32 Å². The Morgan fingerprint density at radius 2 is 1.86 bits per heavy atom. The fraction of sp³-hybridized carbons (Fsp3) is 0.238. The van der Waals surface area contributed by atoms with Crippen LogP contribution in [0.15, 0.2) is 48.5 Å². The molecule has 4 aromatic rings. The van der Waals surface area contributed by atoms with Crippen molar-refractivity contribution < 1.29 is 4.79 Å². The number of aryl methyl sites for hydroxylation is 1.